The number of ether oxygens (including phenoxy) is 1. The van der Waals surface area contributed by atoms with Gasteiger partial charge in [0.05, 0.1) is 18.9 Å². The Morgan fingerprint density at radius 3 is 2.69 bits per heavy atom. The summed E-state index contributed by atoms with van der Waals surface area (Å²) in [6.07, 6.45) is 4.33. The van der Waals surface area contributed by atoms with Gasteiger partial charge in [-0.1, -0.05) is 6.92 Å². The van der Waals surface area contributed by atoms with Gasteiger partial charge in [0.15, 0.2) is 0 Å². The molecule has 1 fully saturated rings. The third kappa shape index (κ3) is 5.74. The number of furan rings is 1. The molecule has 2 rings (SSSR count). The molecule has 146 valence electrons. The number of amides is 2. The highest BCUT2D eigenvalue weighted by molar-refractivity contribution is 6.30. The Bertz CT molecular complexity index is 570. The smallest absolute Gasteiger partial charge is 0.242 e. The molecular formula is C19H29ClN2O4. The van der Waals surface area contributed by atoms with Crippen molar-refractivity contribution in [3.05, 3.63) is 24.2 Å². The zero-order valence-corrected chi connectivity index (χ0v) is 16.6. The van der Waals surface area contributed by atoms with Gasteiger partial charge < -0.3 is 19.0 Å². The van der Waals surface area contributed by atoms with Gasteiger partial charge in [-0.2, -0.15) is 0 Å². The van der Waals surface area contributed by atoms with Crippen molar-refractivity contribution in [2.24, 2.45) is 0 Å². The normalized spacial score (nSPS) is 19.2. The second kappa shape index (κ2) is 9.97. The van der Waals surface area contributed by atoms with Gasteiger partial charge >= 0.3 is 0 Å². The molecule has 0 spiro atoms. The van der Waals surface area contributed by atoms with E-state index in [1.54, 1.807) is 29.1 Å². The van der Waals surface area contributed by atoms with Crippen LogP contribution >= 0.6 is 11.6 Å². The summed E-state index contributed by atoms with van der Waals surface area (Å²) in [5, 5.41) is -0.659. The zero-order chi connectivity index (χ0) is 19.1. The number of carbonyl (C=O) groups is 2. The molecule has 1 saturated heterocycles. The zero-order valence-electron chi connectivity index (χ0n) is 15.8. The second-order valence-corrected chi connectivity index (χ2v) is 7.48. The Morgan fingerprint density at radius 2 is 2.15 bits per heavy atom. The van der Waals surface area contributed by atoms with E-state index < -0.39 is 5.38 Å². The van der Waals surface area contributed by atoms with E-state index in [0.29, 0.717) is 18.8 Å². The van der Waals surface area contributed by atoms with Crippen LogP contribution in [0.4, 0.5) is 0 Å². The highest BCUT2D eigenvalue weighted by atomic mass is 35.5. The van der Waals surface area contributed by atoms with Crippen molar-refractivity contribution in [1.29, 1.82) is 0 Å². The predicted octanol–water partition coefficient (Wildman–Crippen LogP) is 3.04. The Hall–Kier alpha value is -1.53. The van der Waals surface area contributed by atoms with Crippen molar-refractivity contribution in [2.75, 3.05) is 19.7 Å². The number of rotatable bonds is 9. The van der Waals surface area contributed by atoms with Gasteiger partial charge in [-0.15, -0.1) is 11.6 Å². The monoisotopic (exact) mass is 384 g/mol. The first kappa shape index (κ1) is 20.8. The van der Waals surface area contributed by atoms with Gasteiger partial charge in [-0.25, -0.2) is 0 Å². The van der Waals surface area contributed by atoms with Gasteiger partial charge in [-0.05, 0) is 45.2 Å². The lowest BCUT2D eigenvalue weighted by Gasteiger charge is -2.32. The molecule has 0 radical (unpaired) electrons. The third-order valence-corrected chi connectivity index (χ3v) is 4.97. The van der Waals surface area contributed by atoms with Gasteiger partial charge in [0.25, 0.3) is 0 Å². The summed E-state index contributed by atoms with van der Waals surface area (Å²) < 4.78 is 11.1. The van der Waals surface area contributed by atoms with Crippen LogP contribution in [0.15, 0.2) is 22.8 Å². The summed E-state index contributed by atoms with van der Waals surface area (Å²) >= 11 is 5.99. The number of hydrogen-bond donors (Lipinski definition) is 0. The summed E-state index contributed by atoms with van der Waals surface area (Å²) in [6.45, 7) is 7.16. The van der Waals surface area contributed by atoms with Gasteiger partial charge in [0.2, 0.25) is 11.8 Å². The van der Waals surface area contributed by atoms with E-state index in [1.165, 1.54) is 0 Å². The quantitative estimate of drug-likeness (QED) is 0.614. The van der Waals surface area contributed by atoms with E-state index in [4.69, 9.17) is 20.8 Å². The number of alkyl halides is 1. The van der Waals surface area contributed by atoms with Crippen molar-refractivity contribution < 1.29 is 18.7 Å². The van der Waals surface area contributed by atoms with E-state index in [9.17, 15) is 9.59 Å². The fraction of sp³-hybridized carbons (Fsp3) is 0.684. The van der Waals surface area contributed by atoms with Crippen molar-refractivity contribution in [1.82, 2.24) is 9.80 Å². The van der Waals surface area contributed by atoms with Gasteiger partial charge in [0.1, 0.15) is 17.7 Å². The average Bonchev–Trinajstić information content (AvgIpc) is 3.31. The molecule has 0 aromatic carbocycles. The van der Waals surface area contributed by atoms with Crippen LogP contribution in [0.2, 0.25) is 0 Å². The lowest BCUT2D eigenvalue weighted by molar-refractivity contribution is -0.143. The fourth-order valence-corrected chi connectivity index (χ4v) is 3.15. The molecule has 1 aliphatic heterocycles. The number of carbonyl (C=O) groups excluding carboxylic acids is 2. The van der Waals surface area contributed by atoms with Crippen LogP contribution in [0.25, 0.3) is 0 Å². The molecule has 7 heteroatoms. The van der Waals surface area contributed by atoms with Gasteiger partial charge in [0, 0.05) is 19.2 Å². The van der Waals surface area contributed by atoms with E-state index in [-0.39, 0.29) is 30.5 Å². The summed E-state index contributed by atoms with van der Waals surface area (Å²) in [6, 6.07) is 3.59. The number of nitrogens with zero attached hydrogens (tertiary/aromatic N) is 2. The molecule has 0 aliphatic carbocycles. The molecule has 0 unspecified atom stereocenters. The summed E-state index contributed by atoms with van der Waals surface area (Å²) in [4.78, 5) is 28.7. The first-order valence-electron chi connectivity index (χ1n) is 9.28. The number of halogens is 1. The lowest BCUT2D eigenvalue weighted by atomic mass is 10.2. The molecule has 2 amide bonds. The minimum atomic E-state index is -0.659. The van der Waals surface area contributed by atoms with Crippen LogP contribution in [0.5, 0.6) is 0 Å². The van der Waals surface area contributed by atoms with Crippen LogP contribution in [-0.4, -0.2) is 58.8 Å². The molecule has 2 heterocycles. The lowest BCUT2D eigenvalue weighted by Crippen LogP contribution is -2.49. The van der Waals surface area contributed by atoms with Crippen molar-refractivity contribution in [3.63, 3.8) is 0 Å². The van der Waals surface area contributed by atoms with E-state index in [0.717, 1.165) is 25.9 Å². The van der Waals surface area contributed by atoms with Gasteiger partial charge in [-0.3, -0.25) is 9.59 Å². The highest BCUT2D eigenvalue weighted by Gasteiger charge is 2.29. The molecule has 1 aliphatic rings. The van der Waals surface area contributed by atoms with Crippen LogP contribution in [-0.2, 0) is 20.9 Å². The van der Waals surface area contributed by atoms with Crippen molar-refractivity contribution >= 4 is 23.4 Å². The van der Waals surface area contributed by atoms with Crippen molar-refractivity contribution in [3.8, 4) is 0 Å². The average molecular weight is 385 g/mol. The maximum absolute atomic E-state index is 13.0. The summed E-state index contributed by atoms with van der Waals surface area (Å²) in [5.74, 6) is 0.371. The molecule has 3 atom stereocenters. The molecule has 1 aromatic heterocycles. The number of hydrogen-bond acceptors (Lipinski definition) is 4. The minimum absolute atomic E-state index is 0.0122. The van der Waals surface area contributed by atoms with Crippen molar-refractivity contribution in [2.45, 2.75) is 64.1 Å². The first-order valence-corrected chi connectivity index (χ1v) is 9.72. The molecule has 1 aromatic rings. The summed E-state index contributed by atoms with van der Waals surface area (Å²) in [7, 11) is 0. The molecule has 0 saturated carbocycles. The molecule has 26 heavy (non-hydrogen) atoms. The molecule has 0 N–H and O–H groups in total. The first-order chi connectivity index (χ1) is 12.4. The standard InChI is InChI=1S/C19H29ClN2O4/c1-4-14(2)22(19(24)15(3)20)13-18(23)21(11-16-7-5-9-25-16)12-17-8-6-10-26-17/h5,7,9,14-15,17H,4,6,8,10-13H2,1-3H3/t14-,15-,17+/m1/s1. The van der Waals surface area contributed by atoms with E-state index >= 15 is 0 Å². The highest BCUT2D eigenvalue weighted by Crippen LogP contribution is 2.17. The second-order valence-electron chi connectivity index (χ2n) is 6.83. The van der Waals surface area contributed by atoms with Crippen LogP contribution < -0.4 is 0 Å². The summed E-state index contributed by atoms with van der Waals surface area (Å²) in [5.41, 5.74) is 0. The Morgan fingerprint density at radius 1 is 1.38 bits per heavy atom. The molecule has 0 bridgehead atoms. The topological polar surface area (TPSA) is 63.0 Å². The Labute approximate surface area is 160 Å². The van der Waals surface area contributed by atoms with Crippen LogP contribution in [0, 0.1) is 0 Å². The molecule has 6 nitrogen and oxygen atoms in total. The SMILES string of the molecule is CC[C@@H](C)N(CC(=O)N(Cc1ccco1)C[C@@H]1CCCO1)C(=O)[C@@H](C)Cl. The largest absolute Gasteiger partial charge is 0.467 e. The van der Waals surface area contributed by atoms with E-state index in [2.05, 4.69) is 0 Å². The van der Waals surface area contributed by atoms with E-state index in [1.807, 2.05) is 19.9 Å². The fourth-order valence-electron chi connectivity index (χ4n) is 3.02. The van der Waals surface area contributed by atoms with Crippen LogP contribution in [0.3, 0.4) is 0 Å². The maximum atomic E-state index is 13.0. The third-order valence-electron chi connectivity index (χ3n) is 4.78. The molecular weight excluding hydrogens is 356 g/mol. The van der Waals surface area contributed by atoms with Crippen LogP contribution in [0.1, 0.15) is 45.8 Å². The maximum Gasteiger partial charge on any atom is 0.242 e. The Kier molecular flexibility index (Phi) is 7.97. The Balaban J connectivity index is 2.10. The minimum Gasteiger partial charge on any atom is -0.467 e. The predicted molar refractivity (Wildman–Crippen MR) is 99.9 cm³/mol.